The summed E-state index contributed by atoms with van der Waals surface area (Å²) in [6.45, 7) is 7.20. The molecule has 8 nitrogen and oxygen atoms in total. The number of imide groups is 1. The number of fused-ring (bicyclic) bond motifs is 1. The number of nitrogens with one attached hydrogen (secondary N) is 1. The largest absolute Gasteiger partial charge is 0.444 e. The molecule has 4 amide bonds. The second-order valence-corrected chi connectivity index (χ2v) is 10.8. The molecule has 3 fully saturated rings. The number of hydrogen-bond acceptors (Lipinski definition) is 4. The molecule has 0 radical (unpaired) electrons. The number of amides is 4. The fourth-order valence-corrected chi connectivity index (χ4v) is 5.55. The fraction of sp³-hybridized carbons (Fsp3) is 0.560. The Hall–Kier alpha value is -3.10. The molecule has 182 valence electrons. The van der Waals surface area contributed by atoms with Crippen molar-refractivity contribution in [2.75, 3.05) is 24.5 Å². The van der Waals surface area contributed by atoms with E-state index in [0.29, 0.717) is 18.5 Å². The minimum Gasteiger partial charge on any atom is -0.444 e. The number of benzene rings is 1. The molecular weight excluding hydrogens is 439 g/mol. The van der Waals surface area contributed by atoms with Gasteiger partial charge in [0, 0.05) is 43.7 Å². The number of aromatic nitrogens is 1. The number of hydrogen-bond donors (Lipinski definition) is 1. The topological polar surface area (TPSA) is 83.9 Å². The first-order valence-corrected chi connectivity index (χ1v) is 11.9. The Morgan fingerprint density at radius 1 is 1.12 bits per heavy atom. The molecule has 3 aliphatic rings. The monoisotopic (exact) mass is 470 g/mol. The minimum atomic E-state index is -0.590. The lowest BCUT2D eigenvalue weighted by Crippen LogP contribution is -2.50. The molecule has 2 saturated heterocycles. The van der Waals surface area contributed by atoms with Gasteiger partial charge in [-0.2, -0.15) is 0 Å². The van der Waals surface area contributed by atoms with Gasteiger partial charge in [-0.25, -0.2) is 14.0 Å². The van der Waals surface area contributed by atoms with Gasteiger partial charge in [-0.15, -0.1) is 0 Å². The second kappa shape index (κ2) is 7.99. The molecule has 1 N–H and O–H groups in total. The Labute approximate surface area is 198 Å². The van der Waals surface area contributed by atoms with Gasteiger partial charge in [0.2, 0.25) is 5.91 Å². The van der Waals surface area contributed by atoms with Crippen LogP contribution in [0, 0.1) is 11.2 Å². The molecule has 3 heterocycles. The average molecular weight is 471 g/mol. The molecule has 2 aromatic rings. The lowest BCUT2D eigenvalue weighted by molar-refractivity contribution is -0.120. The molecule has 1 saturated carbocycles. The molecule has 34 heavy (non-hydrogen) atoms. The van der Waals surface area contributed by atoms with Crippen molar-refractivity contribution in [1.29, 1.82) is 0 Å². The van der Waals surface area contributed by atoms with Gasteiger partial charge in [0.25, 0.3) is 0 Å². The molecule has 2 aliphatic heterocycles. The zero-order valence-corrected chi connectivity index (χ0v) is 19.9. The van der Waals surface area contributed by atoms with E-state index in [1.54, 1.807) is 17.0 Å². The van der Waals surface area contributed by atoms with Crippen molar-refractivity contribution < 1.29 is 23.5 Å². The van der Waals surface area contributed by atoms with Crippen molar-refractivity contribution in [3.05, 3.63) is 30.2 Å². The number of piperidine rings is 1. The van der Waals surface area contributed by atoms with Crippen LogP contribution >= 0.6 is 0 Å². The molecule has 1 aromatic heterocycles. The van der Waals surface area contributed by atoms with Gasteiger partial charge in [-0.05, 0) is 70.1 Å². The van der Waals surface area contributed by atoms with Gasteiger partial charge < -0.3 is 14.2 Å². The van der Waals surface area contributed by atoms with Crippen molar-refractivity contribution in [2.45, 2.75) is 64.5 Å². The summed E-state index contributed by atoms with van der Waals surface area (Å²) in [6.07, 6.45) is 5.72. The van der Waals surface area contributed by atoms with Crippen molar-refractivity contribution in [1.82, 2.24) is 14.8 Å². The van der Waals surface area contributed by atoms with Crippen LogP contribution < -0.4 is 10.2 Å². The molecule has 1 aliphatic carbocycles. The molecule has 1 spiro atoms. The average Bonchev–Trinajstić information content (AvgIpc) is 3.16. The van der Waals surface area contributed by atoms with Crippen molar-refractivity contribution >= 4 is 34.6 Å². The number of rotatable bonds is 2. The zero-order valence-electron chi connectivity index (χ0n) is 19.9. The van der Waals surface area contributed by atoms with Crippen LogP contribution in [0.5, 0.6) is 0 Å². The number of carbonyl (C=O) groups is 3. The van der Waals surface area contributed by atoms with E-state index < -0.39 is 17.4 Å². The molecule has 0 unspecified atom stereocenters. The Kier molecular flexibility index (Phi) is 5.33. The smallest absolute Gasteiger partial charge is 0.410 e. The number of likely N-dealkylation sites (tertiary alicyclic amines) is 1. The number of carbonyl (C=O) groups excluding carboxylic acids is 3. The summed E-state index contributed by atoms with van der Waals surface area (Å²) in [6, 6.07) is 4.93. The minimum absolute atomic E-state index is 0.153. The summed E-state index contributed by atoms with van der Waals surface area (Å²) in [4.78, 5) is 39.0. The van der Waals surface area contributed by atoms with Gasteiger partial charge in [0.1, 0.15) is 5.60 Å². The van der Waals surface area contributed by atoms with E-state index in [9.17, 15) is 14.4 Å². The summed E-state index contributed by atoms with van der Waals surface area (Å²) in [5.41, 5.74) is 0.722. The van der Waals surface area contributed by atoms with E-state index in [1.165, 1.54) is 4.90 Å². The third-order valence-electron chi connectivity index (χ3n) is 7.37. The van der Waals surface area contributed by atoms with E-state index in [1.807, 2.05) is 33.0 Å². The predicted octanol–water partition coefficient (Wildman–Crippen LogP) is 4.58. The Morgan fingerprint density at radius 2 is 1.82 bits per heavy atom. The van der Waals surface area contributed by atoms with Gasteiger partial charge in [0.05, 0.1) is 11.2 Å². The summed E-state index contributed by atoms with van der Waals surface area (Å²) >= 11 is 0. The van der Waals surface area contributed by atoms with Crippen LogP contribution in [0.1, 0.15) is 58.9 Å². The van der Waals surface area contributed by atoms with Crippen LogP contribution in [-0.2, 0) is 9.53 Å². The van der Waals surface area contributed by atoms with Gasteiger partial charge >= 0.3 is 12.1 Å². The maximum absolute atomic E-state index is 15.3. The first kappa shape index (κ1) is 22.7. The lowest BCUT2D eigenvalue weighted by atomic mass is 9.60. The Morgan fingerprint density at radius 3 is 2.47 bits per heavy atom. The standard InChI is InChI=1S/C25H31FN4O4/c1-24(2,3)34-23(33)28-12-8-25(9-13-28)14-16(15-25)29-10-6-17-18(29)4-5-19(21(17)26)30-11-7-20(31)27-22(30)32/h4-6,10,16H,7-9,11-15H2,1-3H3,(H,27,31,32). The Bertz CT molecular complexity index is 1150. The van der Waals surface area contributed by atoms with Crippen molar-refractivity contribution in [2.24, 2.45) is 5.41 Å². The summed E-state index contributed by atoms with van der Waals surface area (Å²) in [7, 11) is 0. The fourth-order valence-electron chi connectivity index (χ4n) is 5.55. The van der Waals surface area contributed by atoms with Crippen LogP contribution in [0.2, 0.25) is 0 Å². The molecule has 0 atom stereocenters. The SMILES string of the molecule is CC(C)(C)OC(=O)N1CCC2(CC1)CC(n1ccc3c(F)c(N4CCC(=O)NC4=O)ccc31)C2. The van der Waals surface area contributed by atoms with Crippen LogP contribution in [-0.4, -0.2) is 52.7 Å². The molecule has 0 bridgehead atoms. The van der Waals surface area contributed by atoms with Crippen LogP contribution in [0.15, 0.2) is 24.4 Å². The highest BCUT2D eigenvalue weighted by Crippen LogP contribution is 2.55. The molecule has 9 heteroatoms. The first-order chi connectivity index (χ1) is 16.1. The van der Waals surface area contributed by atoms with E-state index >= 15 is 4.39 Å². The highest BCUT2D eigenvalue weighted by Gasteiger charge is 2.47. The number of ether oxygens (including phenoxy) is 1. The van der Waals surface area contributed by atoms with E-state index in [4.69, 9.17) is 4.74 Å². The third kappa shape index (κ3) is 4.01. The zero-order chi connectivity index (χ0) is 24.3. The number of anilines is 1. The maximum Gasteiger partial charge on any atom is 0.410 e. The highest BCUT2D eigenvalue weighted by atomic mass is 19.1. The first-order valence-electron chi connectivity index (χ1n) is 11.9. The van der Waals surface area contributed by atoms with E-state index in [2.05, 4.69) is 9.88 Å². The molecule has 5 rings (SSSR count). The third-order valence-corrected chi connectivity index (χ3v) is 7.37. The molecule has 1 aromatic carbocycles. The van der Waals surface area contributed by atoms with Gasteiger partial charge in [0.15, 0.2) is 5.82 Å². The Balaban J connectivity index is 1.26. The summed E-state index contributed by atoms with van der Waals surface area (Å²) < 4.78 is 23.0. The highest BCUT2D eigenvalue weighted by molar-refractivity contribution is 6.06. The normalized spacial score (nSPS) is 21.1. The molecular formula is C25H31FN4O4. The lowest BCUT2D eigenvalue weighted by Gasteiger charge is -2.52. The number of nitrogens with zero attached hydrogens (tertiary/aromatic N) is 3. The summed E-state index contributed by atoms with van der Waals surface area (Å²) in [5.74, 6) is -0.787. The summed E-state index contributed by atoms with van der Waals surface area (Å²) in [5, 5.41) is 2.72. The van der Waals surface area contributed by atoms with E-state index in [-0.39, 0.29) is 42.1 Å². The van der Waals surface area contributed by atoms with Crippen LogP contribution in [0.3, 0.4) is 0 Å². The van der Waals surface area contributed by atoms with E-state index in [0.717, 1.165) is 31.2 Å². The van der Waals surface area contributed by atoms with Gasteiger partial charge in [-0.1, -0.05) is 0 Å². The van der Waals surface area contributed by atoms with Crippen molar-refractivity contribution in [3.63, 3.8) is 0 Å². The van der Waals surface area contributed by atoms with Crippen LogP contribution in [0.4, 0.5) is 19.7 Å². The quantitative estimate of drug-likeness (QED) is 0.697. The van der Waals surface area contributed by atoms with Crippen molar-refractivity contribution in [3.8, 4) is 0 Å². The van der Waals surface area contributed by atoms with Crippen LogP contribution in [0.25, 0.3) is 10.9 Å². The number of urea groups is 1. The maximum atomic E-state index is 15.3. The van der Waals surface area contributed by atoms with Gasteiger partial charge in [-0.3, -0.25) is 15.0 Å². The second-order valence-electron chi connectivity index (χ2n) is 10.8. The number of halogens is 1. The predicted molar refractivity (Wildman–Crippen MR) is 125 cm³/mol.